The summed E-state index contributed by atoms with van der Waals surface area (Å²) in [5, 5.41) is 0. The Hall–Kier alpha value is -0.640. The lowest BCUT2D eigenvalue weighted by Gasteiger charge is -2.25. The number of carbonyl (C=O) groups is 1. The fraction of sp³-hybridized carbons (Fsp3) is 0.833. The molecule has 4 heteroatoms. The topological polar surface area (TPSA) is 46.3 Å². The second kappa shape index (κ2) is 5.13. The van der Waals surface area contributed by atoms with Crippen molar-refractivity contribution in [2.45, 2.75) is 51.0 Å². The molecule has 2 aliphatic carbocycles. The van der Waals surface area contributed by atoms with Crippen molar-refractivity contribution in [2.24, 2.45) is 11.7 Å². The van der Waals surface area contributed by atoms with E-state index in [4.69, 9.17) is 18.0 Å². The van der Waals surface area contributed by atoms with Gasteiger partial charge in [-0.3, -0.25) is 4.79 Å². The summed E-state index contributed by atoms with van der Waals surface area (Å²) in [6.45, 7) is 0.731. The van der Waals surface area contributed by atoms with Crippen LogP contribution < -0.4 is 5.73 Å². The molecule has 2 N–H and O–H groups in total. The van der Waals surface area contributed by atoms with Gasteiger partial charge < -0.3 is 10.6 Å². The summed E-state index contributed by atoms with van der Waals surface area (Å²) in [6, 6.07) is 0.488. The first-order valence-electron chi connectivity index (χ1n) is 6.27. The lowest BCUT2D eigenvalue weighted by molar-refractivity contribution is -0.135. The van der Waals surface area contributed by atoms with E-state index < -0.39 is 0 Å². The molecule has 0 aromatic carbocycles. The minimum absolute atomic E-state index is 0.284. The Morgan fingerprint density at radius 2 is 1.88 bits per heavy atom. The van der Waals surface area contributed by atoms with E-state index in [1.807, 2.05) is 4.90 Å². The van der Waals surface area contributed by atoms with Crippen LogP contribution in [0.5, 0.6) is 0 Å². The van der Waals surface area contributed by atoms with Gasteiger partial charge in [0, 0.05) is 24.9 Å². The molecule has 16 heavy (non-hydrogen) atoms. The highest BCUT2D eigenvalue weighted by molar-refractivity contribution is 7.80. The van der Waals surface area contributed by atoms with Crippen molar-refractivity contribution in [3.8, 4) is 0 Å². The molecule has 0 heterocycles. The molecule has 0 saturated heterocycles. The predicted octanol–water partition coefficient (Wildman–Crippen LogP) is 1.84. The van der Waals surface area contributed by atoms with Crippen LogP contribution in [-0.2, 0) is 4.79 Å². The Bertz CT molecular complexity index is 283. The molecule has 2 fully saturated rings. The van der Waals surface area contributed by atoms with Crippen LogP contribution in [0.2, 0.25) is 0 Å². The number of hydrogen-bond donors (Lipinski definition) is 1. The highest BCUT2D eigenvalue weighted by atomic mass is 32.1. The highest BCUT2D eigenvalue weighted by Gasteiger charge is 2.36. The van der Waals surface area contributed by atoms with E-state index in [2.05, 4.69) is 0 Å². The van der Waals surface area contributed by atoms with Gasteiger partial charge in [0.2, 0.25) is 5.91 Å². The van der Waals surface area contributed by atoms with E-state index in [1.54, 1.807) is 0 Å². The lowest BCUT2D eigenvalue weighted by Crippen LogP contribution is -2.39. The molecule has 0 aromatic heterocycles. The molecule has 2 aliphatic rings. The van der Waals surface area contributed by atoms with Gasteiger partial charge >= 0.3 is 0 Å². The Morgan fingerprint density at radius 3 is 2.38 bits per heavy atom. The number of rotatable bonds is 5. The molecule has 0 atom stereocenters. The largest absolute Gasteiger partial charge is 0.393 e. The van der Waals surface area contributed by atoms with Crippen molar-refractivity contribution < 1.29 is 4.79 Å². The van der Waals surface area contributed by atoms with Gasteiger partial charge in [-0.2, -0.15) is 0 Å². The van der Waals surface area contributed by atoms with Crippen molar-refractivity contribution in [1.82, 2.24) is 4.90 Å². The van der Waals surface area contributed by atoms with Crippen molar-refractivity contribution >= 4 is 23.1 Å². The smallest absolute Gasteiger partial charge is 0.225 e. The third-order valence-electron chi connectivity index (χ3n) is 3.57. The fourth-order valence-electron chi connectivity index (χ4n) is 2.50. The molecule has 90 valence electrons. The summed E-state index contributed by atoms with van der Waals surface area (Å²) in [6.07, 6.45) is 7.58. The molecule has 0 unspecified atom stereocenters. The number of hydrogen-bond acceptors (Lipinski definition) is 2. The minimum Gasteiger partial charge on any atom is -0.393 e. The van der Waals surface area contributed by atoms with Gasteiger partial charge in [0.1, 0.15) is 0 Å². The average molecular weight is 240 g/mol. The lowest BCUT2D eigenvalue weighted by atomic mass is 10.1. The van der Waals surface area contributed by atoms with Crippen LogP contribution in [0.4, 0.5) is 0 Å². The molecule has 3 nitrogen and oxygen atoms in total. The van der Waals surface area contributed by atoms with Crippen LogP contribution in [0.25, 0.3) is 0 Å². The summed E-state index contributed by atoms with van der Waals surface area (Å²) in [4.78, 5) is 14.8. The Kier molecular flexibility index (Phi) is 3.79. The standard InChI is InChI=1S/C12H20N2OS/c13-11(16)7-8-14(10-5-6-10)12(15)9-3-1-2-4-9/h9-10H,1-8H2,(H2,13,16). The third-order valence-corrected chi connectivity index (χ3v) is 3.78. The van der Waals surface area contributed by atoms with Gasteiger partial charge in [0.05, 0.1) is 4.99 Å². The average Bonchev–Trinajstić information content (AvgIpc) is 2.93. The second-order valence-electron chi connectivity index (χ2n) is 4.96. The molecule has 2 rings (SSSR count). The maximum atomic E-state index is 12.3. The summed E-state index contributed by atoms with van der Waals surface area (Å²) in [7, 11) is 0. The molecule has 0 radical (unpaired) electrons. The van der Waals surface area contributed by atoms with Gasteiger partial charge in [0.25, 0.3) is 0 Å². The Labute approximate surface area is 102 Å². The quantitative estimate of drug-likeness (QED) is 0.746. The summed E-state index contributed by atoms with van der Waals surface area (Å²) in [5.41, 5.74) is 5.51. The van der Waals surface area contributed by atoms with Gasteiger partial charge in [-0.25, -0.2) is 0 Å². The van der Waals surface area contributed by atoms with Crippen LogP contribution in [0, 0.1) is 5.92 Å². The zero-order valence-electron chi connectivity index (χ0n) is 9.65. The van der Waals surface area contributed by atoms with E-state index in [1.165, 1.54) is 12.8 Å². The third kappa shape index (κ3) is 2.94. The molecule has 2 saturated carbocycles. The van der Waals surface area contributed by atoms with Crippen LogP contribution in [0.3, 0.4) is 0 Å². The fourth-order valence-corrected chi connectivity index (χ4v) is 2.59. The number of thiocarbonyl (C=S) groups is 1. The maximum Gasteiger partial charge on any atom is 0.225 e. The number of amides is 1. The summed E-state index contributed by atoms with van der Waals surface area (Å²) < 4.78 is 0. The van der Waals surface area contributed by atoms with E-state index >= 15 is 0 Å². The zero-order valence-corrected chi connectivity index (χ0v) is 10.5. The van der Waals surface area contributed by atoms with E-state index in [-0.39, 0.29) is 5.92 Å². The SMILES string of the molecule is NC(=S)CCN(C(=O)C1CCCC1)C1CC1. The minimum atomic E-state index is 0.284. The van der Waals surface area contributed by atoms with Gasteiger partial charge in [-0.1, -0.05) is 25.1 Å². The monoisotopic (exact) mass is 240 g/mol. The molecule has 1 amide bonds. The first-order chi connectivity index (χ1) is 7.68. The van der Waals surface area contributed by atoms with Crippen LogP contribution >= 0.6 is 12.2 Å². The van der Waals surface area contributed by atoms with Gasteiger partial charge in [0.15, 0.2) is 0 Å². The van der Waals surface area contributed by atoms with Crippen molar-refractivity contribution in [3.63, 3.8) is 0 Å². The number of nitrogens with two attached hydrogens (primary N) is 1. The second-order valence-corrected chi connectivity index (χ2v) is 5.48. The zero-order chi connectivity index (χ0) is 11.5. The van der Waals surface area contributed by atoms with Crippen molar-refractivity contribution in [3.05, 3.63) is 0 Å². The van der Waals surface area contributed by atoms with Crippen molar-refractivity contribution in [1.29, 1.82) is 0 Å². The molecule has 0 bridgehead atoms. The normalized spacial score (nSPS) is 21.0. The van der Waals surface area contributed by atoms with E-state index in [0.29, 0.717) is 23.4 Å². The number of carbonyl (C=O) groups excluding carboxylic acids is 1. The van der Waals surface area contributed by atoms with Crippen LogP contribution in [0.15, 0.2) is 0 Å². The van der Waals surface area contributed by atoms with E-state index in [0.717, 1.165) is 32.2 Å². The molecule has 0 aromatic rings. The molecular weight excluding hydrogens is 220 g/mol. The highest BCUT2D eigenvalue weighted by Crippen LogP contribution is 2.32. The summed E-state index contributed by atoms with van der Waals surface area (Å²) in [5.74, 6) is 0.642. The number of nitrogens with zero attached hydrogens (tertiary/aromatic N) is 1. The Balaban J connectivity index is 1.89. The first kappa shape index (κ1) is 11.8. The predicted molar refractivity (Wildman–Crippen MR) is 68.1 cm³/mol. The molecular formula is C12H20N2OS. The van der Waals surface area contributed by atoms with E-state index in [9.17, 15) is 4.79 Å². The van der Waals surface area contributed by atoms with Gasteiger partial charge in [-0.15, -0.1) is 0 Å². The van der Waals surface area contributed by atoms with Crippen LogP contribution in [0.1, 0.15) is 44.9 Å². The first-order valence-corrected chi connectivity index (χ1v) is 6.68. The van der Waals surface area contributed by atoms with Crippen molar-refractivity contribution in [2.75, 3.05) is 6.54 Å². The maximum absolute atomic E-state index is 12.3. The Morgan fingerprint density at radius 1 is 1.25 bits per heavy atom. The molecule has 0 aliphatic heterocycles. The van der Waals surface area contributed by atoms with Gasteiger partial charge in [-0.05, 0) is 25.7 Å². The van der Waals surface area contributed by atoms with Crippen LogP contribution in [-0.4, -0.2) is 28.4 Å². The molecule has 0 spiro atoms. The summed E-state index contributed by atoms with van der Waals surface area (Å²) >= 11 is 4.88.